The highest BCUT2D eigenvalue weighted by Crippen LogP contribution is 2.29. The fraction of sp³-hybridized carbons (Fsp3) is 0.115. The molecule has 7 nitrogen and oxygen atoms in total. The van der Waals surface area contributed by atoms with Crippen LogP contribution >= 0.6 is 0 Å². The average molecular weight is 444 g/mol. The molecule has 0 saturated carbocycles. The number of carbonyl (C=O) groups excluding carboxylic acids is 3. The van der Waals surface area contributed by atoms with E-state index >= 15 is 0 Å². The monoisotopic (exact) mass is 443 g/mol. The third-order valence-corrected chi connectivity index (χ3v) is 4.63. The van der Waals surface area contributed by atoms with Gasteiger partial charge >= 0.3 is 0 Å². The van der Waals surface area contributed by atoms with Crippen molar-refractivity contribution < 1.29 is 19.1 Å². The zero-order valence-corrected chi connectivity index (χ0v) is 18.2. The zero-order chi connectivity index (χ0) is 23.5. The Kier molecular flexibility index (Phi) is 8.36. The Morgan fingerprint density at radius 3 is 2.21 bits per heavy atom. The van der Waals surface area contributed by atoms with Crippen molar-refractivity contribution in [3.05, 3.63) is 96.6 Å². The molecule has 0 bridgehead atoms. The summed E-state index contributed by atoms with van der Waals surface area (Å²) >= 11 is 0. The van der Waals surface area contributed by atoms with E-state index in [1.54, 1.807) is 12.1 Å². The second-order valence-electron chi connectivity index (χ2n) is 7.16. The summed E-state index contributed by atoms with van der Waals surface area (Å²) in [6, 6.07) is 25.5. The van der Waals surface area contributed by atoms with Crippen molar-refractivity contribution in [2.45, 2.75) is 13.0 Å². The topological polar surface area (TPSA) is 96.5 Å². The molecule has 1 atom stereocenters. The summed E-state index contributed by atoms with van der Waals surface area (Å²) in [5.41, 5.74) is 7.27. The van der Waals surface area contributed by atoms with Gasteiger partial charge in [-0.2, -0.15) is 0 Å². The molecule has 0 saturated heterocycles. The number of nitrogens with one attached hydrogen (secondary N) is 3. The van der Waals surface area contributed by atoms with E-state index in [4.69, 9.17) is 4.74 Å². The van der Waals surface area contributed by atoms with E-state index in [1.165, 1.54) is 13.0 Å². The fourth-order valence-corrected chi connectivity index (χ4v) is 2.93. The fourth-order valence-electron chi connectivity index (χ4n) is 2.93. The van der Waals surface area contributed by atoms with E-state index in [0.29, 0.717) is 5.75 Å². The molecule has 168 valence electrons. The molecule has 3 aromatic carbocycles. The Hall–Kier alpha value is -4.39. The van der Waals surface area contributed by atoms with Gasteiger partial charge in [-0.1, -0.05) is 78.9 Å². The van der Waals surface area contributed by atoms with Crippen molar-refractivity contribution in [3.8, 4) is 16.9 Å². The number of hydrazine groups is 1. The lowest BCUT2D eigenvalue weighted by atomic mass is 10.1. The Labute approximate surface area is 192 Å². The van der Waals surface area contributed by atoms with Crippen LogP contribution < -0.4 is 20.9 Å². The molecule has 0 spiro atoms. The van der Waals surface area contributed by atoms with Crippen LogP contribution in [-0.2, 0) is 14.4 Å². The molecule has 7 heteroatoms. The maximum atomic E-state index is 12.2. The van der Waals surface area contributed by atoms with E-state index in [0.717, 1.165) is 16.7 Å². The first-order valence-corrected chi connectivity index (χ1v) is 10.4. The van der Waals surface area contributed by atoms with Crippen LogP contribution in [0.4, 0.5) is 0 Å². The van der Waals surface area contributed by atoms with Gasteiger partial charge in [-0.25, -0.2) is 0 Å². The number of benzene rings is 3. The van der Waals surface area contributed by atoms with E-state index < -0.39 is 23.8 Å². The first-order valence-electron chi connectivity index (χ1n) is 10.4. The lowest BCUT2D eigenvalue weighted by Crippen LogP contribution is -2.51. The number of amides is 3. The molecule has 33 heavy (non-hydrogen) atoms. The highest BCUT2D eigenvalue weighted by Gasteiger charge is 2.15. The van der Waals surface area contributed by atoms with Crippen LogP contribution in [0, 0.1) is 0 Å². The molecule has 0 aliphatic rings. The van der Waals surface area contributed by atoms with Crippen molar-refractivity contribution in [1.29, 1.82) is 0 Å². The first kappa shape index (κ1) is 23.3. The summed E-state index contributed by atoms with van der Waals surface area (Å²) in [6.45, 7) is 1.23. The summed E-state index contributed by atoms with van der Waals surface area (Å²) in [6.07, 6.45) is 2.99. The quantitative estimate of drug-likeness (QED) is 0.368. The Bertz CT molecular complexity index is 1110. The smallest absolute Gasteiger partial charge is 0.276 e. The molecular weight excluding hydrogens is 418 g/mol. The molecule has 0 aromatic heterocycles. The largest absolute Gasteiger partial charge is 0.483 e. The highest BCUT2D eigenvalue weighted by molar-refractivity contribution is 5.95. The molecule has 3 N–H and O–H groups in total. The molecule has 0 fully saturated rings. The van der Waals surface area contributed by atoms with E-state index in [1.807, 2.05) is 78.9 Å². The molecule has 3 aromatic rings. The van der Waals surface area contributed by atoms with Crippen LogP contribution in [0.5, 0.6) is 5.75 Å². The standard InChI is InChI=1S/C26H25N3O4/c1-19(27-24(30)17-16-20-10-4-2-5-11-20)26(32)29-28-25(31)18-33-23-15-9-8-14-22(23)21-12-6-3-7-13-21/h2-17,19H,18H2,1H3,(H,27,30)(H,28,31)(H,29,32)/b17-16+. The minimum absolute atomic E-state index is 0.287. The summed E-state index contributed by atoms with van der Waals surface area (Å²) in [7, 11) is 0. The van der Waals surface area contributed by atoms with Gasteiger partial charge < -0.3 is 10.1 Å². The van der Waals surface area contributed by atoms with Crippen molar-refractivity contribution in [2.24, 2.45) is 0 Å². The van der Waals surface area contributed by atoms with Gasteiger partial charge in [-0.05, 0) is 30.2 Å². The molecule has 0 aliphatic heterocycles. The molecular formula is C26H25N3O4. The lowest BCUT2D eigenvalue weighted by molar-refractivity contribution is -0.131. The maximum Gasteiger partial charge on any atom is 0.276 e. The van der Waals surface area contributed by atoms with Gasteiger partial charge in [-0.3, -0.25) is 25.2 Å². The van der Waals surface area contributed by atoms with Gasteiger partial charge in [0.1, 0.15) is 11.8 Å². The van der Waals surface area contributed by atoms with Crippen molar-refractivity contribution >= 4 is 23.8 Å². The third-order valence-electron chi connectivity index (χ3n) is 4.63. The first-order chi connectivity index (χ1) is 16.0. The van der Waals surface area contributed by atoms with Crippen LogP contribution in [-0.4, -0.2) is 30.4 Å². The predicted molar refractivity (Wildman–Crippen MR) is 127 cm³/mol. The van der Waals surface area contributed by atoms with E-state index in [2.05, 4.69) is 16.2 Å². The van der Waals surface area contributed by atoms with Crippen LogP contribution in [0.1, 0.15) is 12.5 Å². The molecule has 3 rings (SSSR count). The van der Waals surface area contributed by atoms with Crippen LogP contribution in [0.15, 0.2) is 91.0 Å². The summed E-state index contributed by atoms with van der Waals surface area (Å²) in [4.78, 5) is 36.3. The molecule has 0 radical (unpaired) electrons. The molecule has 0 aliphatic carbocycles. The van der Waals surface area contributed by atoms with Gasteiger partial charge in [0.05, 0.1) is 0 Å². The van der Waals surface area contributed by atoms with Crippen molar-refractivity contribution in [1.82, 2.24) is 16.2 Å². The summed E-state index contributed by atoms with van der Waals surface area (Å²) < 4.78 is 5.64. The third kappa shape index (κ3) is 7.36. The van der Waals surface area contributed by atoms with Gasteiger partial charge in [-0.15, -0.1) is 0 Å². The van der Waals surface area contributed by atoms with Crippen molar-refractivity contribution in [2.75, 3.05) is 6.61 Å². The second-order valence-corrected chi connectivity index (χ2v) is 7.16. The second kappa shape index (κ2) is 11.9. The number of hydrogen-bond acceptors (Lipinski definition) is 4. The normalized spacial score (nSPS) is 11.4. The Balaban J connectivity index is 1.44. The van der Waals surface area contributed by atoms with Gasteiger partial charge in [0.15, 0.2) is 6.61 Å². The SMILES string of the molecule is CC(NC(=O)/C=C/c1ccccc1)C(=O)NNC(=O)COc1ccccc1-c1ccccc1. The summed E-state index contributed by atoms with van der Waals surface area (Å²) in [5, 5.41) is 2.54. The van der Waals surface area contributed by atoms with Crippen LogP contribution in [0.2, 0.25) is 0 Å². The highest BCUT2D eigenvalue weighted by atomic mass is 16.5. The average Bonchev–Trinajstić information content (AvgIpc) is 2.86. The Morgan fingerprint density at radius 1 is 0.848 bits per heavy atom. The predicted octanol–water partition coefficient (Wildman–Crippen LogP) is 3.10. The molecule has 0 heterocycles. The van der Waals surface area contributed by atoms with E-state index in [-0.39, 0.29) is 6.61 Å². The van der Waals surface area contributed by atoms with Gasteiger partial charge in [0, 0.05) is 11.6 Å². The Morgan fingerprint density at radius 2 is 1.48 bits per heavy atom. The minimum atomic E-state index is -0.849. The van der Waals surface area contributed by atoms with Crippen molar-refractivity contribution in [3.63, 3.8) is 0 Å². The zero-order valence-electron chi connectivity index (χ0n) is 18.2. The maximum absolute atomic E-state index is 12.2. The number of ether oxygens (including phenoxy) is 1. The van der Waals surface area contributed by atoms with Gasteiger partial charge in [0.2, 0.25) is 5.91 Å². The lowest BCUT2D eigenvalue weighted by Gasteiger charge is -2.15. The summed E-state index contributed by atoms with van der Waals surface area (Å²) in [5.74, 6) is -0.965. The minimum Gasteiger partial charge on any atom is -0.483 e. The number of rotatable bonds is 8. The van der Waals surface area contributed by atoms with Gasteiger partial charge in [0.25, 0.3) is 11.8 Å². The molecule has 3 amide bonds. The van der Waals surface area contributed by atoms with Crippen LogP contribution in [0.3, 0.4) is 0 Å². The number of carbonyl (C=O) groups is 3. The number of para-hydroxylation sites is 1. The molecule has 1 unspecified atom stereocenters. The number of hydrogen-bond donors (Lipinski definition) is 3. The van der Waals surface area contributed by atoms with Crippen LogP contribution in [0.25, 0.3) is 17.2 Å². The van der Waals surface area contributed by atoms with E-state index in [9.17, 15) is 14.4 Å².